The topological polar surface area (TPSA) is 136 Å². The lowest BCUT2D eigenvalue weighted by Crippen LogP contribution is -2.44. The van der Waals surface area contributed by atoms with Gasteiger partial charge in [0.25, 0.3) is 0 Å². The van der Waals surface area contributed by atoms with Crippen LogP contribution in [-0.2, 0) is 18.5 Å². The molecule has 2 atom stereocenters. The van der Waals surface area contributed by atoms with E-state index in [1.165, 1.54) is 22.3 Å². The van der Waals surface area contributed by atoms with Gasteiger partial charge in [-0.2, -0.15) is 0 Å². The minimum absolute atomic E-state index is 0.128. The van der Waals surface area contributed by atoms with Gasteiger partial charge in [-0.15, -0.1) is 0 Å². The van der Waals surface area contributed by atoms with Gasteiger partial charge in [0.2, 0.25) is 0 Å². The quantitative estimate of drug-likeness (QED) is 0.0898. The summed E-state index contributed by atoms with van der Waals surface area (Å²) in [5.74, 6) is 1.25. The van der Waals surface area contributed by atoms with Crippen LogP contribution in [0.15, 0.2) is 152 Å². The number of pyridine rings is 2. The van der Waals surface area contributed by atoms with E-state index in [1.54, 1.807) is 36.8 Å². The van der Waals surface area contributed by atoms with Crippen LogP contribution in [0, 0.1) is 5.41 Å². The summed E-state index contributed by atoms with van der Waals surface area (Å²) in [7, 11) is 0. The maximum absolute atomic E-state index is 8.71. The second-order valence-corrected chi connectivity index (χ2v) is 13.0. The minimum atomic E-state index is -0.423. The molecule has 3 heterocycles. The fourth-order valence-electron chi connectivity index (χ4n) is 6.37. The Bertz CT molecular complexity index is 2190. The summed E-state index contributed by atoms with van der Waals surface area (Å²) in [5, 5.41) is 12.0. The van der Waals surface area contributed by atoms with Crippen molar-refractivity contribution in [2.24, 2.45) is 30.0 Å². The number of amidine groups is 3. The molecule has 0 amide bonds. The van der Waals surface area contributed by atoms with Crippen molar-refractivity contribution in [3.63, 3.8) is 0 Å². The normalized spacial score (nSPS) is 16.9. The van der Waals surface area contributed by atoms with Crippen LogP contribution in [0.3, 0.4) is 0 Å². The molecule has 0 saturated carbocycles. The molecular weight excluding hydrogens is 657 g/mol. The van der Waals surface area contributed by atoms with Crippen LogP contribution < -0.4 is 5.32 Å². The average molecular weight is 699 g/mol. The lowest BCUT2D eigenvalue weighted by Gasteiger charge is -2.23. The zero-order valence-electron chi connectivity index (χ0n) is 30.0. The largest absolute Gasteiger partial charge is 0.345 e. The van der Waals surface area contributed by atoms with Gasteiger partial charge in [-0.05, 0) is 89.7 Å². The van der Waals surface area contributed by atoms with Gasteiger partial charge in [-0.1, -0.05) is 87.2 Å². The van der Waals surface area contributed by atoms with Gasteiger partial charge >= 0.3 is 0 Å². The van der Waals surface area contributed by atoms with E-state index in [9.17, 15) is 0 Å². The summed E-state index contributed by atoms with van der Waals surface area (Å²) in [6.07, 6.45) is 14.5. The maximum atomic E-state index is 8.71. The molecule has 264 valence electrons. The van der Waals surface area contributed by atoms with Crippen molar-refractivity contribution in [1.82, 2.24) is 15.3 Å². The van der Waals surface area contributed by atoms with Crippen molar-refractivity contribution in [2.75, 3.05) is 0 Å². The van der Waals surface area contributed by atoms with Crippen LogP contribution in [0.1, 0.15) is 53.9 Å². The number of aromatic nitrogens is 2. The van der Waals surface area contributed by atoms with Crippen LogP contribution in [0.2, 0.25) is 0 Å². The van der Waals surface area contributed by atoms with Gasteiger partial charge in [0.05, 0.1) is 24.8 Å². The molecule has 2 aromatic heterocycles. The molecule has 10 heteroatoms. The highest BCUT2D eigenvalue weighted by Crippen LogP contribution is 2.49. The van der Waals surface area contributed by atoms with Crippen molar-refractivity contribution >= 4 is 42.9 Å². The Morgan fingerprint density at radius 1 is 0.906 bits per heavy atom. The number of nitrogens with zero attached hydrogens (tertiary/aromatic N) is 8. The maximum Gasteiger partial charge on any atom is 0.179 e. The molecule has 10 nitrogen and oxygen atoms in total. The van der Waals surface area contributed by atoms with Crippen molar-refractivity contribution in [3.05, 3.63) is 156 Å². The van der Waals surface area contributed by atoms with E-state index in [-0.39, 0.29) is 17.2 Å². The molecule has 0 radical (unpaired) electrons. The first-order valence-corrected chi connectivity index (χ1v) is 17.4. The molecule has 53 heavy (non-hydrogen) atoms. The Labute approximate surface area is 310 Å². The molecule has 4 aromatic rings. The van der Waals surface area contributed by atoms with E-state index in [1.807, 2.05) is 48.6 Å². The van der Waals surface area contributed by atoms with Crippen LogP contribution in [0.25, 0.3) is 11.1 Å². The van der Waals surface area contributed by atoms with E-state index >= 15 is 0 Å². The van der Waals surface area contributed by atoms with Crippen LogP contribution in [-0.4, -0.2) is 65.0 Å². The molecule has 1 aliphatic heterocycles. The zero-order valence-corrected chi connectivity index (χ0v) is 30.0. The third-order valence-corrected chi connectivity index (χ3v) is 9.16. The third kappa shape index (κ3) is 8.34. The van der Waals surface area contributed by atoms with Crippen molar-refractivity contribution in [1.29, 1.82) is 5.41 Å². The Morgan fingerprint density at radius 3 is 2.09 bits per heavy atom. The Hall–Kier alpha value is -6.55. The minimum Gasteiger partial charge on any atom is -0.345 e. The lowest BCUT2D eigenvalue weighted by atomic mass is 9.81. The number of benzene rings is 2. The van der Waals surface area contributed by atoms with Gasteiger partial charge in [0.1, 0.15) is 23.4 Å². The number of hydrogen-bond donors (Lipinski definition) is 2. The molecule has 2 aliphatic rings. The fraction of sp³-hybridized carbons (Fsp3) is 0.186. The highest BCUT2D eigenvalue weighted by Gasteiger charge is 2.35. The first kappa shape index (κ1) is 36.2. The molecule has 0 bridgehead atoms. The summed E-state index contributed by atoms with van der Waals surface area (Å²) in [6.45, 7) is 16.5. The number of fused-ring (bicyclic) bond motifs is 3. The smallest absolute Gasteiger partial charge is 0.179 e. The van der Waals surface area contributed by atoms with Gasteiger partial charge in [0.15, 0.2) is 11.7 Å². The molecule has 6 rings (SSSR count). The van der Waals surface area contributed by atoms with E-state index < -0.39 is 6.17 Å². The molecule has 0 saturated heterocycles. The van der Waals surface area contributed by atoms with Crippen molar-refractivity contribution in [3.8, 4) is 11.1 Å². The van der Waals surface area contributed by atoms with E-state index in [0.717, 1.165) is 17.5 Å². The number of hydrogen-bond acceptors (Lipinski definition) is 7. The van der Waals surface area contributed by atoms with Crippen molar-refractivity contribution in [2.45, 2.75) is 51.0 Å². The van der Waals surface area contributed by atoms with E-state index in [2.05, 4.69) is 101 Å². The van der Waals surface area contributed by atoms with Crippen LogP contribution >= 0.6 is 0 Å². The number of dihydropyridines is 1. The highest BCUT2D eigenvalue weighted by molar-refractivity contribution is 6.44. The number of nitrogens with one attached hydrogen (secondary N) is 2. The van der Waals surface area contributed by atoms with E-state index in [4.69, 9.17) is 20.4 Å². The van der Waals surface area contributed by atoms with Crippen molar-refractivity contribution < 1.29 is 0 Å². The van der Waals surface area contributed by atoms with Gasteiger partial charge < -0.3 is 5.32 Å². The van der Waals surface area contributed by atoms with Gasteiger partial charge in [0, 0.05) is 24.0 Å². The molecule has 0 fully saturated rings. The Kier molecular flexibility index (Phi) is 11.4. The monoisotopic (exact) mass is 698 g/mol. The van der Waals surface area contributed by atoms with Crippen LogP contribution in [0.4, 0.5) is 0 Å². The molecular formula is C43H42N10. The summed E-state index contributed by atoms with van der Waals surface area (Å²) in [6, 6.07) is 24.1. The second kappa shape index (κ2) is 16.6. The lowest BCUT2D eigenvalue weighted by molar-refractivity contribution is 0.510. The Morgan fingerprint density at radius 2 is 1.55 bits per heavy atom. The number of aliphatic imine (C=N–C) groups is 6. The fourth-order valence-corrected chi connectivity index (χ4v) is 6.37. The summed E-state index contributed by atoms with van der Waals surface area (Å²) < 4.78 is 0. The number of rotatable bonds is 12. The first-order valence-electron chi connectivity index (χ1n) is 17.4. The second-order valence-electron chi connectivity index (χ2n) is 13.0. The molecule has 0 spiro atoms. The first-order chi connectivity index (χ1) is 25.8. The summed E-state index contributed by atoms with van der Waals surface area (Å²) in [4.78, 5) is 36.4. The molecule has 2 aromatic carbocycles. The van der Waals surface area contributed by atoms with E-state index in [0.29, 0.717) is 42.0 Å². The average Bonchev–Trinajstić information content (AvgIpc) is 3.42. The molecule has 2 unspecified atom stereocenters. The third-order valence-electron chi connectivity index (χ3n) is 9.16. The van der Waals surface area contributed by atoms with Gasteiger partial charge in [-0.25, -0.2) is 9.98 Å². The molecule has 2 N–H and O–H groups in total. The zero-order chi connectivity index (χ0) is 37.2. The van der Waals surface area contributed by atoms with Gasteiger partial charge in [-0.3, -0.25) is 35.3 Å². The SMILES string of the molecule is C=C/C=C\C(=N)/C(=N/Cc1ccc2c(c1)C(C)(C)c1cc(C/N=C(\N=C(/N=C)c3ccccn3)c3ccccn3)ccc1-2)NC(N=C)C1CC=CC=N1. The summed E-state index contributed by atoms with van der Waals surface area (Å²) >= 11 is 0. The standard InChI is InChI=1S/C43H42N10/c1-6-7-14-35(44)39(52-40(45-4)36-15-8-11-22-47-36)50-27-29-18-20-31-32-21-19-30(26-34(32)43(2,3)33(31)25-29)28-51-42(38-17-10-13-24-49-38)53-41(46-5)37-16-9-12-23-48-37/h6-14,16-26,36,40,44H,1,4-5,15,27-28H2,2-3H3,(H,50,52)/b14-7-,44-35?,51-42-,53-41-. The number of allylic oxidation sites excluding steroid dienone is 3. The van der Waals surface area contributed by atoms with Crippen LogP contribution in [0.5, 0.6) is 0 Å². The predicted molar refractivity (Wildman–Crippen MR) is 220 cm³/mol. The predicted octanol–water partition coefficient (Wildman–Crippen LogP) is 7.55. The summed E-state index contributed by atoms with van der Waals surface area (Å²) in [5.41, 5.74) is 8.13. The molecule has 1 aliphatic carbocycles. The Balaban J connectivity index is 1.26. The highest BCUT2D eigenvalue weighted by atomic mass is 15.2.